The van der Waals surface area contributed by atoms with Crippen molar-refractivity contribution in [3.8, 4) is 0 Å². The highest BCUT2D eigenvalue weighted by atomic mass is 35.5. The number of H-pyrrole nitrogens is 1. The van der Waals surface area contributed by atoms with Crippen molar-refractivity contribution in [3.05, 3.63) is 65.3 Å². The number of halogens is 1. The second-order valence-corrected chi connectivity index (χ2v) is 6.39. The molecule has 0 aliphatic carbocycles. The number of rotatable bonds is 3. The lowest BCUT2D eigenvalue weighted by atomic mass is 10.1. The number of imidazole rings is 1. The molecule has 0 saturated heterocycles. The Kier molecular flexibility index (Phi) is 3.48. The third kappa shape index (κ3) is 2.56. The summed E-state index contributed by atoms with van der Waals surface area (Å²) in [4.78, 5) is 12.0. The summed E-state index contributed by atoms with van der Waals surface area (Å²) in [6.45, 7) is 0. The van der Waals surface area contributed by atoms with Crippen LogP contribution in [0.4, 0.5) is 0 Å². The standard InChI is InChI=1S/C17H12ClN3S/c18-13-8-15-16(19-9-13)21-17(20-15)22-10-12-6-3-5-11-4-1-2-7-14(11)12/h1-9H,10H2,(H,19,20,21). The Morgan fingerprint density at radius 1 is 1.09 bits per heavy atom. The van der Waals surface area contributed by atoms with Gasteiger partial charge in [-0.3, -0.25) is 0 Å². The summed E-state index contributed by atoms with van der Waals surface area (Å²) in [5.41, 5.74) is 2.87. The van der Waals surface area contributed by atoms with E-state index in [4.69, 9.17) is 11.6 Å². The van der Waals surface area contributed by atoms with E-state index in [-0.39, 0.29) is 0 Å². The Balaban J connectivity index is 1.62. The van der Waals surface area contributed by atoms with Crippen molar-refractivity contribution in [3.63, 3.8) is 0 Å². The summed E-state index contributed by atoms with van der Waals surface area (Å²) < 4.78 is 0. The highest BCUT2D eigenvalue weighted by Gasteiger charge is 2.07. The van der Waals surface area contributed by atoms with E-state index in [1.165, 1.54) is 16.3 Å². The molecule has 0 bridgehead atoms. The summed E-state index contributed by atoms with van der Waals surface area (Å²) >= 11 is 7.62. The zero-order valence-corrected chi connectivity index (χ0v) is 13.2. The highest BCUT2D eigenvalue weighted by molar-refractivity contribution is 7.98. The molecule has 3 nitrogen and oxygen atoms in total. The molecule has 4 rings (SSSR count). The molecule has 0 aliphatic heterocycles. The number of hydrogen-bond donors (Lipinski definition) is 1. The van der Waals surface area contributed by atoms with Crippen LogP contribution in [-0.4, -0.2) is 15.0 Å². The van der Waals surface area contributed by atoms with Gasteiger partial charge in [0.15, 0.2) is 10.8 Å². The van der Waals surface area contributed by atoms with Gasteiger partial charge in [-0.25, -0.2) is 9.97 Å². The summed E-state index contributed by atoms with van der Waals surface area (Å²) in [6.07, 6.45) is 1.61. The Hall–Kier alpha value is -2.04. The fourth-order valence-electron chi connectivity index (χ4n) is 2.49. The Labute approximate surface area is 136 Å². The minimum Gasteiger partial charge on any atom is -0.331 e. The molecule has 0 aliphatic rings. The predicted molar refractivity (Wildman–Crippen MR) is 92.4 cm³/mol. The molecule has 22 heavy (non-hydrogen) atoms. The van der Waals surface area contributed by atoms with Gasteiger partial charge in [0, 0.05) is 11.9 Å². The van der Waals surface area contributed by atoms with Crippen molar-refractivity contribution in [1.29, 1.82) is 0 Å². The van der Waals surface area contributed by atoms with E-state index in [2.05, 4.69) is 57.4 Å². The first kappa shape index (κ1) is 13.6. The van der Waals surface area contributed by atoms with Crippen LogP contribution in [0.25, 0.3) is 21.9 Å². The Morgan fingerprint density at radius 3 is 2.91 bits per heavy atom. The zero-order valence-electron chi connectivity index (χ0n) is 11.6. The maximum Gasteiger partial charge on any atom is 0.178 e. The van der Waals surface area contributed by atoms with E-state index in [9.17, 15) is 0 Å². The number of benzene rings is 2. The Morgan fingerprint density at radius 2 is 1.95 bits per heavy atom. The van der Waals surface area contributed by atoms with Gasteiger partial charge in [0.05, 0.1) is 10.5 Å². The van der Waals surface area contributed by atoms with E-state index in [0.29, 0.717) is 10.7 Å². The van der Waals surface area contributed by atoms with Gasteiger partial charge in [-0.05, 0) is 22.4 Å². The number of nitrogens with zero attached hydrogens (tertiary/aromatic N) is 2. The smallest absolute Gasteiger partial charge is 0.178 e. The van der Waals surface area contributed by atoms with E-state index in [0.717, 1.165) is 16.4 Å². The molecule has 0 unspecified atom stereocenters. The molecule has 0 saturated carbocycles. The lowest BCUT2D eigenvalue weighted by Crippen LogP contribution is -1.84. The van der Waals surface area contributed by atoms with Crippen LogP contribution in [0.1, 0.15) is 5.56 Å². The number of pyridine rings is 1. The van der Waals surface area contributed by atoms with Crippen molar-refractivity contribution in [1.82, 2.24) is 15.0 Å². The molecule has 5 heteroatoms. The topological polar surface area (TPSA) is 41.6 Å². The summed E-state index contributed by atoms with van der Waals surface area (Å²) in [6, 6.07) is 16.7. The number of aromatic amines is 1. The Bertz CT molecular complexity index is 959. The molecule has 2 aromatic heterocycles. The maximum atomic E-state index is 5.95. The number of fused-ring (bicyclic) bond motifs is 2. The van der Waals surface area contributed by atoms with Gasteiger partial charge in [-0.2, -0.15) is 0 Å². The van der Waals surface area contributed by atoms with E-state index in [1.807, 2.05) is 6.07 Å². The van der Waals surface area contributed by atoms with E-state index >= 15 is 0 Å². The molecule has 0 spiro atoms. The molecular formula is C17H12ClN3S. The third-order valence-corrected chi connectivity index (χ3v) is 4.66. The van der Waals surface area contributed by atoms with Crippen LogP contribution in [0.3, 0.4) is 0 Å². The summed E-state index contributed by atoms with van der Waals surface area (Å²) in [5.74, 6) is 0.856. The number of aromatic nitrogens is 3. The molecule has 0 fully saturated rings. The second kappa shape index (κ2) is 5.63. The highest BCUT2D eigenvalue weighted by Crippen LogP contribution is 2.27. The average molecular weight is 326 g/mol. The molecule has 1 N–H and O–H groups in total. The van der Waals surface area contributed by atoms with Crippen molar-refractivity contribution >= 4 is 45.3 Å². The normalized spacial score (nSPS) is 11.3. The molecular weight excluding hydrogens is 314 g/mol. The van der Waals surface area contributed by atoms with Gasteiger partial charge < -0.3 is 4.98 Å². The summed E-state index contributed by atoms with van der Waals surface area (Å²) in [5, 5.41) is 4.02. The van der Waals surface area contributed by atoms with Crippen LogP contribution < -0.4 is 0 Å². The van der Waals surface area contributed by atoms with Crippen molar-refractivity contribution in [2.45, 2.75) is 10.9 Å². The quantitative estimate of drug-likeness (QED) is 0.535. The first-order chi connectivity index (χ1) is 10.8. The summed E-state index contributed by atoms with van der Waals surface area (Å²) in [7, 11) is 0. The van der Waals surface area contributed by atoms with Crippen molar-refractivity contribution < 1.29 is 0 Å². The lowest BCUT2D eigenvalue weighted by molar-refractivity contribution is 1.07. The fraction of sp³-hybridized carbons (Fsp3) is 0.0588. The maximum absolute atomic E-state index is 5.95. The van der Waals surface area contributed by atoms with E-state index < -0.39 is 0 Å². The molecule has 2 heterocycles. The van der Waals surface area contributed by atoms with Crippen LogP contribution in [-0.2, 0) is 5.75 Å². The van der Waals surface area contributed by atoms with Gasteiger partial charge in [-0.1, -0.05) is 65.8 Å². The van der Waals surface area contributed by atoms with Gasteiger partial charge in [0.1, 0.15) is 0 Å². The van der Waals surface area contributed by atoms with Crippen LogP contribution in [0.2, 0.25) is 5.02 Å². The number of hydrogen-bond acceptors (Lipinski definition) is 3. The minimum atomic E-state index is 0.613. The van der Waals surface area contributed by atoms with Crippen LogP contribution in [0, 0.1) is 0 Å². The van der Waals surface area contributed by atoms with Crippen LogP contribution in [0.15, 0.2) is 59.9 Å². The van der Waals surface area contributed by atoms with Crippen molar-refractivity contribution in [2.75, 3.05) is 0 Å². The molecule has 2 aromatic carbocycles. The van der Waals surface area contributed by atoms with Gasteiger partial charge >= 0.3 is 0 Å². The second-order valence-electron chi connectivity index (χ2n) is 4.99. The average Bonchev–Trinajstić information content (AvgIpc) is 2.95. The molecule has 0 amide bonds. The van der Waals surface area contributed by atoms with Gasteiger partial charge in [0.2, 0.25) is 0 Å². The molecule has 0 radical (unpaired) electrons. The number of thioether (sulfide) groups is 1. The third-order valence-electron chi connectivity index (χ3n) is 3.53. The molecule has 108 valence electrons. The van der Waals surface area contributed by atoms with Gasteiger partial charge in [-0.15, -0.1) is 0 Å². The lowest BCUT2D eigenvalue weighted by Gasteiger charge is -2.04. The first-order valence-electron chi connectivity index (χ1n) is 6.90. The van der Waals surface area contributed by atoms with Crippen LogP contribution in [0.5, 0.6) is 0 Å². The molecule has 4 aromatic rings. The van der Waals surface area contributed by atoms with Crippen LogP contribution >= 0.6 is 23.4 Å². The largest absolute Gasteiger partial charge is 0.331 e. The number of nitrogens with one attached hydrogen (secondary N) is 1. The first-order valence-corrected chi connectivity index (χ1v) is 8.27. The minimum absolute atomic E-state index is 0.613. The zero-order chi connectivity index (χ0) is 14.9. The van der Waals surface area contributed by atoms with Crippen molar-refractivity contribution in [2.24, 2.45) is 0 Å². The molecule has 0 atom stereocenters. The SMILES string of the molecule is Clc1cnc2nc(SCc3cccc4ccccc34)[nH]c2c1. The fourth-order valence-corrected chi connectivity index (χ4v) is 3.52. The monoisotopic (exact) mass is 325 g/mol. The predicted octanol–water partition coefficient (Wildman–Crippen LogP) is 5.06. The van der Waals surface area contributed by atoms with Gasteiger partial charge in [0.25, 0.3) is 0 Å². The van der Waals surface area contributed by atoms with E-state index in [1.54, 1.807) is 18.0 Å².